The van der Waals surface area contributed by atoms with Crippen LogP contribution in [0.3, 0.4) is 0 Å². The van der Waals surface area contributed by atoms with Crippen molar-refractivity contribution in [1.82, 2.24) is 25.3 Å². The van der Waals surface area contributed by atoms with E-state index in [1.165, 1.54) is 0 Å². The van der Waals surface area contributed by atoms with E-state index in [4.69, 9.17) is 20.2 Å². The molecule has 4 aromatic rings. The Morgan fingerprint density at radius 3 is 2.58 bits per heavy atom. The number of aryl methyl sites for hydroxylation is 1. The maximum absolute atomic E-state index is 13.7. The van der Waals surface area contributed by atoms with Gasteiger partial charge in [0, 0.05) is 37.9 Å². The van der Waals surface area contributed by atoms with E-state index in [-0.39, 0.29) is 11.9 Å². The SMILES string of the molecule is COc1ccc(-c2cnc3nc(N)nc(N4CCNCC4C(=O)N(C)c4ccc(C)cc4)c3n2)cc1OC. The number of nitrogens with zero attached hydrogens (tertiary/aromatic N) is 6. The van der Waals surface area contributed by atoms with E-state index in [0.29, 0.717) is 53.8 Å². The number of carbonyl (C=O) groups is 1. The number of nitrogen functional groups attached to an aromatic ring is 1. The maximum atomic E-state index is 13.7. The highest BCUT2D eigenvalue weighted by atomic mass is 16.5. The lowest BCUT2D eigenvalue weighted by Gasteiger charge is -2.38. The molecule has 1 saturated heterocycles. The first-order valence-corrected chi connectivity index (χ1v) is 12.2. The van der Waals surface area contributed by atoms with Crippen molar-refractivity contribution in [2.75, 3.05) is 56.4 Å². The molecule has 1 amide bonds. The van der Waals surface area contributed by atoms with Crippen LogP contribution >= 0.6 is 0 Å². The monoisotopic (exact) mass is 514 g/mol. The molecule has 0 radical (unpaired) electrons. The number of amides is 1. The molecule has 11 nitrogen and oxygen atoms in total. The highest BCUT2D eigenvalue weighted by Crippen LogP contribution is 2.33. The fourth-order valence-electron chi connectivity index (χ4n) is 4.54. The van der Waals surface area contributed by atoms with Crippen LogP contribution in [0.4, 0.5) is 17.5 Å². The molecule has 196 valence electrons. The average molecular weight is 515 g/mol. The molecule has 0 spiro atoms. The molecule has 5 rings (SSSR count). The largest absolute Gasteiger partial charge is 0.493 e. The predicted molar refractivity (Wildman–Crippen MR) is 147 cm³/mol. The van der Waals surface area contributed by atoms with Gasteiger partial charge in [-0.05, 0) is 37.3 Å². The van der Waals surface area contributed by atoms with Crippen molar-refractivity contribution in [3.8, 4) is 22.8 Å². The Labute approximate surface area is 220 Å². The standard InChI is InChI=1S/C27H30N8O3/c1-16-5-8-18(9-6-16)34(2)26(36)20-15-29-11-12-35(20)25-23-24(32-27(28)33-25)30-14-19(31-23)17-7-10-21(37-3)22(13-17)38-4/h5-10,13-14,20,29H,11-12,15H2,1-4H3,(H2,28,30,32,33). The Bertz CT molecular complexity index is 1480. The number of nitrogens with two attached hydrogens (primary N) is 1. The van der Waals surface area contributed by atoms with Crippen LogP contribution in [0.25, 0.3) is 22.4 Å². The lowest BCUT2D eigenvalue weighted by molar-refractivity contribution is -0.119. The lowest BCUT2D eigenvalue weighted by Crippen LogP contribution is -2.58. The number of piperazine rings is 1. The number of methoxy groups -OCH3 is 2. The fourth-order valence-corrected chi connectivity index (χ4v) is 4.54. The quantitative estimate of drug-likeness (QED) is 0.395. The number of nitrogens with one attached hydrogen (secondary N) is 1. The first kappa shape index (κ1) is 25.2. The van der Waals surface area contributed by atoms with Crippen LogP contribution in [0.1, 0.15) is 5.56 Å². The Kier molecular flexibility index (Phi) is 6.93. The van der Waals surface area contributed by atoms with Gasteiger partial charge in [-0.25, -0.2) is 9.97 Å². The Morgan fingerprint density at radius 2 is 1.84 bits per heavy atom. The molecule has 2 aromatic carbocycles. The normalized spacial score (nSPS) is 15.4. The summed E-state index contributed by atoms with van der Waals surface area (Å²) in [5.41, 5.74) is 10.2. The van der Waals surface area contributed by atoms with Crippen molar-refractivity contribution in [3.05, 3.63) is 54.2 Å². The number of carbonyl (C=O) groups excluding carboxylic acids is 1. The fraction of sp³-hybridized carbons (Fsp3) is 0.296. The third-order valence-electron chi connectivity index (χ3n) is 6.64. The van der Waals surface area contributed by atoms with Crippen LogP contribution in [0.15, 0.2) is 48.7 Å². The van der Waals surface area contributed by atoms with E-state index in [2.05, 4.69) is 20.3 Å². The van der Waals surface area contributed by atoms with Gasteiger partial charge >= 0.3 is 0 Å². The summed E-state index contributed by atoms with van der Waals surface area (Å²) in [6.07, 6.45) is 1.63. The molecule has 38 heavy (non-hydrogen) atoms. The molecule has 1 unspecified atom stereocenters. The number of hydrogen-bond donors (Lipinski definition) is 2. The van der Waals surface area contributed by atoms with Crippen molar-refractivity contribution in [2.45, 2.75) is 13.0 Å². The van der Waals surface area contributed by atoms with Crippen LogP contribution < -0.4 is 30.3 Å². The van der Waals surface area contributed by atoms with Gasteiger partial charge in [0.1, 0.15) is 6.04 Å². The van der Waals surface area contributed by atoms with Gasteiger partial charge in [-0.3, -0.25) is 4.79 Å². The number of hydrogen-bond acceptors (Lipinski definition) is 10. The van der Waals surface area contributed by atoms with Gasteiger partial charge in [0.05, 0.1) is 26.1 Å². The highest BCUT2D eigenvalue weighted by Gasteiger charge is 2.34. The minimum absolute atomic E-state index is 0.0669. The third-order valence-corrected chi connectivity index (χ3v) is 6.64. The molecule has 3 N–H and O–H groups in total. The van der Waals surface area contributed by atoms with Crippen molar-refractivity contribution in [1.29, 1.82) is 0 Å². The Morgan fingerprint density at radius 1 is 1.08 bits per heavy atom. The van der Waals surface area contributed by atoms with Gasteiger partial charge in [0.25, 0.3) is 5.91 Å². The summed E-state index contributed by atoms with van der Waals surface area (Å²) < 4.78 is 10.8. The van der Waals surface area contributed by atoms with Gasteiger partial charge in [0.2, 0.25) is 5.95 Å². The predicted octanol–water partition coefficient (Wildman–Crippen LogP) is 2.44. The summed E-state index contributed by atoms with van der Waals surface area (Å²) in [5, 5.41) is 3.33. The molecule has 1 fully saturated rings. The van der Waals surface area contributed by atoms with Crippen LogP contribution in [0, 0.1) is 6.92 Å². The number of anilines is 3. The summed E-state index contributed by atoms with van der Waals surface area (Å²) in [4.78, 5) is 35.6. The average Bonchev–Trinajstić information content (AvgIpc) is 2.95. The summed E-state index contributed by atoms with van der Waals surface area (Å²) in [6.45, 7) is 3.67. The molecular formula is C27H30N8O3. The van der Waals surface area contributed by atoms with Gasteiger partial charge in [0.15, 0.2) is 28.5 Å². The van der Waals surface area contributed by atoms with E-state index in [0.717, 1.165) is 16.8 Å². The highest BCUT2D eigenvalue weighted by molar-refractivity contribution is 6.00. The molecule has 1 aliphatic rings. The Balaban J connectivity index is 1.56. The zero-order valence-electron chi connectivity index (χ0n) is 21.8. The number of fused-ring (bicyclic) bond motifs is 1. The molecule has 0 bridgehead atoms. The minimum Gasteiger partial charge on any atom is -0.493 e. The van der Waals surface area contributed by atoms with E-state index in [1.54, 1.807) is 32.4 Å². The van der Waals surface area contributed by atoms with E-state index < -0.39 is 6.04 Å². The van der Waals surface area contributed by atoms with Crippen LogP contribution in [-0.2, 0) is 4.79 Å². The van der Waals surface area contributed by atoms with Crippen molar-refractivity contribution in [3.63, 3.8) is 0 Å². The van der Waals surface area contributed by atoms with Gasteiger partial charge in [-0.2, -0.15) is 9.97 Å². The zero-order valence-corrected chi connectivity index (χ0v) is 21.8. The smallest absolute Gasteiger partial charge is 0.250 e. The summed E-state index contributed by atoms with van der Waals surface area (Å²) >= 11 is 0. The van der Waals surface area contributed by atoms with E-state index in [1.807, 2.05) is 54.3 Å². The minimum atomic E-state index is -0.529. The molecule has 11 heteroatoms. The third kappa shape index (κ3) is 4.75. The lowest BCUT2D eigenvalue weighted by atomic mass is 10.1. The molecule has 1 atom stereocenters. The molecule has 1 aliphatic heterocycles. The zero-order chi connectivity index (χ0) is 26.8. The molecule has 0 aliphatic carbocycles. The molecule has 2 aromatic heterocycles. The summed E-state index contributed by atoms with van der Waals surface area (Å²) in [7, 11) is 4.95. The number of ether oxygens (including phenoxy) is 2. The van der Waals surface area contributed by atoms with Crippen LogP contribution in [-0.4, -0.2) is 72.8 Å². The second kappa shape index (κ2) is 10.5. The number of aromatic nitrogens is 4. The first-order valence-electron chi connectivity index (χ1n) is 12.2. The molecular weight excluding hydrogens is 484 g/mol. The number of rotatable bonds is 6. The Hall–Kier alpha value is -4.51. The van der Waals surface area contributed by atoms with Gasteiger partial charge in [-0.15, -0.1) is 0 Å². The molecule has 3 heterocycles. The molecule has 0 saturated carbocycles. The van der Waals surface area contributed by atoms with Crippen molar-refractivity contribution < 1.29 is 14.3 Å². The second-order valence-electron chi connectivity index (χ2n) is 9.05. The number of benzene rings is 2. The van der Waals surface area contributed by atoms with E-state index in [9.17, 15) is 4.79 Å². The van der Waals surface area contributed by atoms with Gasteiger partial charge < -0.3 is 30.3 Å². The summed E-state index contributed by atoms with van der Waals surface area (Å²) in [6, 6.07) is 12.8. The maximum Gasteiger partial charge on any atom is 0.250 e. The van der Waals surface area contributed by atoms with Crippen LogP contribution in [0.2, 0.25) is 0 Å². The summed E-state index contributed by atoms with van der Waals surface area (Å²) in [5.74, 6) is 1.65. The number of likely N-dealkylation sites (N-methyl/N-ethyl adjacent to an activating group) is 1. The van der Waals surface area contributed by atoms with E-state index >= 15 is 0 Å². The first-order chi connectivity index (χ1) is 18.4. The van der Waals surface area contributed by atoms with Crippen LogP contribution in [0.5, 0.6) is 11.5 Å². The van der Waals surface area contributed by atoms with Gasteiger partial charge in [-0.1, -0.05) is 17.7 Å². The topological polar surface area (TPSA) is 132 Å². The van der Waals surface area contributed by atoms with Crippen molar-refractivity contribution in [2.24, 2.45) is 0 Å². The second-order valence-corrected chi connectivity index (χ2v) is 9.05. The van der Waals surface area contributed by atoms with Crippen molar-refractivity contribution >= 4 is 34.5 Å².